The van der Waals surface area contributed by atoms with E-state index in [4.69, 9.17) is 9.47 Å². The predicted molar refractivity (Wildman–Crippen MR) is 130 cm³/mol. The summed E-state index contributed by atoms with van der Waals surface area (Å²) in [5.41, 5.74) is 3.22. The van der Waals surface area contributed by atoms with Gasteiger partial charge in [0.15, 0.2) is 17.3 Å². The van der Waals surface area contributed by atoms with Crippen LogP contribution in [0.15, 0.2) is 59.6 Å². The summed E-state index contributed by atoms with van der Waals surface area (Å²) in [6.45, 7) is 6.01. The number of ether oxygens (including phenoxy) is 2. The zero-order valence-electron chi connectivity index (χ0n) is 18.4. The van der Waals surface area contributed by atoms with E-state index in [-0.39, 0.29) is 18.5 Å². The molecule has 0 bridgehead atoms. The third kappa shape index (κ3) is 5.14. The molecule has 0 atom stereocenters. The van der Waals surface area contributed by atoms with Crippen molar-refractivity contribution in [2.75, 3.05) is 53.8 Å². The maximum absolute atomic E-state index is 12.3. The first-order valence-electron chi connectivity index (χ1n) is 10.9. The van der Waals surface area contributed by atoms with E-state index in [0.29, 0.717) is 17.2 Å². The van der Waals surface area contributed by atoms with Crippen molar-refractivity contribution in [3.8, 4) is 11.5 Å². The van der Waals surface area contributed by atoms with Crippen molar-refractivity contribution in [3.63, 3.8) is 0 Å². The molecule has 1 N–H and O–H groups in total. The van der Waals surface area contributed by atoms with E-state index in [0.717, 1.165) is 37.0 Å². The molecular formula is C24H25N5O3S. The second-order valence-electron chi connectivity index (χ2n) is 7.95. The van der Waals surface area contributed by atoms with Gasteiger partial charge in [-0.1, -0.05) is 23.9 Å². The Hall–Kier alpha value is -3.46. The van der Waals surface area contributed by atoms with Crippen LogP contribution in [0.4, 0.5) is 17.2 Å². The quantitative estimate of drug-likeness (QED) is 0.556. The Morgan fingerprint density at radius 2 is 1.79 bits per heavy atom. The maximum atomic E-state index is 12.3. The molecule has 1 saturated heterocycles. The van der Waals surface area contributed by atoms with Crippen molar-refractivity contribution < 1.29 is 14.3 Å². The highest BCUT2D eigenvalue weighted by Gasteiger charge is 2.19. The van der Waals surface area contributed by atoms with Crippen LogP contribution in [-0.2, 0) is 4.79 Å². The summed E-state index contributed by atoms with van der Waals surface area (Å²) in [5, 5.41) is 12.3. The number of hydrogen-bond donors (Lipinski definition) is 1. The first-order chi connectivity index (χ1) is 16.1. The predicted octanol–water partition coefficient (Wildman–Crippen LogP) is 3.57. The standard InChI is InChI=1S/C24H25N5O3S/c1-17-3-2-4-19(13-17)28-9-11-29(12-10-28)22-7-8-24(27-26-22)33-15-23(30)25-18-5-6-20-21(14-18)32-16-31-20/h2-8,13-14H,9-12,15-16H2,1H3,(H,25,30). The Morgan fingerprint density at radius 1 is 0.970 bits per heavy atom. The van der Waals surface area contributed by atoms with Gasteiger partial charge in [-0.05, 0) is 48.9 Å². The smallest absolute Gasteiger partial charge is 0.234 e. The Kier molecular flexibility index (Phi) is 6.21. The van der Waals surface area contributed by atoms with Gasteiger partial charge >= 0.3 is 0 Å². The first-order valence-corrected chi connectivity index (χ1v) is 11.9. The summed E-state index contributed by atoms with van der Waals surface area (Å²) >= 11 is 1.36. The Morgan fingerprint density at radius 3 is 2.58 bits per heavy atom. The molecule has 3 aromatic rings. The lowest BCUT2D eigenvalue weighted by Crippen LogP contribution is -2.46. The van der Waals surface area contributed by atoms with Gasteiger partial charge in [-0.2, -0.15) is 0 Å². The van der Waals surface area contributed by atoms with E-state index in [9.17, 15) is 4.79 Å². The van der Waals surface area contributed by atoms with Gasteiger partial charge < -0.3 is 24.6 Å². The Bertz CT molecular complexity index is 1130. The number of fused-ring (bicyclic) bond motifs is 1. The number of rotatable bonds is 6. The zero-order valence-corrected chi connectivity index (χ0v) is 19.2. The topological polar surface area (TPSA) is 79.8 Å². The monoisotopic (exact) mass is 463 g/mol. The number of carbonyl (C=O) groups excluding carboxylic acids is 1. The number of hydrogen-bond acceptors (Lipinski definition) is 8. The van der Waals surface area contributed by atoms with Crippen molar-refractivity contribution in [2.24, 2.45) is 0 Å². The average molecular weight is 464 g/mol. The second-order valence-corrected chi connectivity index (χ2v) is 8.94. The SMILES string of the molecule is Cc1cccc(N2CCN(c3ccc(SCC(=O)Nc4ccc5c(c4)OCO5)nn3)CC2)c1. The summed E-state index contributed by atoms with van der Waals surface area (Å²) in [6.07, 6.45) is 0. The van der Waals surface area contributed by atoms with Gasteiger partial charge in [0, 0.05) is 43.6 Å². The summed E-state index contributed by atoms with van der Waals surface area (Å²) < 4.78 is 10.6. The number of thioether (sulfide) groups is 1. The molecule has 2 aliphatic heterocycles. The lowest BCUT2D eigenvalue weighted by Gasteiger charge is -2.36. The van der Waals surface area contributed by atoms with Crippen molar-refractivity contribution in [1.82, 2.24) is 10.2 Å². The highest BCUT2D eigenvalue weighted by molar-refractivity contribution is 7.99. The number of nitrogens with one attached hydrogen (secondary N) is 1. The van der Waals surface area contributed by atoms with E-state index in [2.05, 4.69) is 56.5 Å². The molecule has 0 unspecified atom stereocenters. The van der Waals surface area contributed by atoms with E-state index in [1.807, 2.05) is 12.1 Å². The molecule has 0 saturated carbocycles. The first kappa shape index (κ1) is 21.4. The van der Waals surface area contributed by atoms with Crippen molar-refractivity contribution in [2.45, 2.75) is 11.9 Å². The number of carbonyl (C=O) groups is 1. The van der Waals surface area contributed by atoms with Crippen LogP contribution in [0.1, 0.15) is 5.56 Å². The third-order valence-electron chi connectivity index (χ3n) is 5.60. The van der Waals surface area contributed by atoms with Crippen LogP contribution in [0.2, 0.25) is 0 Å². The lowest BCUT2D eigenvalue weighted by atomic mass is 10.2. The summed E-state index contributed by atoms with van der Waals surface area (Å²) in [7, 11) is 0. The van der Waals surface area contributed by atoms with Gasteiger partial charge in [0.25, 0.3) is 0 Å². The molecule has 1 amide bonds. The molecule has 5 rings (SSSR count). The summed E-state index contributed by atoms with van der Waals surface area (Å²) in [5.74, 6) is 2.33. The van der Waals surface area contributed by atoms with Crippen molar-refractivity contribution >= 4 is 34.9 Å². The lowest BCUT2D eigenvalue weighted by molar-refractivity contribution is -0.113. The van der Waals surface area contributed by atoms with Gasteiger partial charge in [0.2, 0.25) is 12.7 Å². The Balaban J connectivity index is 1.10. The normalized spacial score (nSPS) is 14.9. The molecule has 1 aromatic heterocycles. The maximum Gasteiger partial charge on any atom is 0.234 e. The van der Waals surface area contributed by atoms with Gasteiger partial charge in [0.05, 0.1) is 5.75 Å². The number of anilines is 3. The van der Waals surface area contributed by atoms with Gasteiger partial charge in [-0.15, -0.1) is 10.2 Å². The van der Waals surface area contributed by atoms with Crippen LogP contribution in [-0.4, -0.2) is 54.8 Å². The molecule has 1 fully saturated rings. The summed E-state index contributed by atoms with van der Waals surface area (Å²) in [6, 6.07) is 17.9. The molecule has 8 nitrogen and oxygen atoms in total. The minimum Gasteiger partial charge on any atom is -0.454 e. The van der Waals surface area contributed by atoms with Gasteiger partial charge in [0.1, 0.15) is 5.03 Å². The molecule has 2 aromatic carbocycles. The number of benzene rings is 2. The number of nitrogens with zero attached hydrogens (tertiary/aromatic N) is 4. The third-order valence-corrected chi connectivity index (χ3v) is 6.52. The molecular weight excluding hydrogens is 438 g/mol. The average Bonchev–Trinajstić information content (AvgIpc) is 3.31. The highest BCUT2D eigenvalue weighted by atomic mass is 32.2. The van der Waals surface area contributed by atoms with Gasteiger partial charge in [-0.25, -0.2) is 0 Å². The zero-order chi connectivity index (χ0) is 22.6. The van der Waals surface area contributed by atoms with Crippen LogP contribution in [0.5, 0.6) is 11.5 Å². The minimum atomic E-state index is -0.114. The molecule has 0 aliphatic carbocycles. The minimum absolute atomic E-state index is 0.114. The van der Waals surface area contributed by atoms with E-state index < -0.39 is 0 Å². The molecule has 33 heavy (non-hydrogen) atoms. The van der Waals surface area contributed by atoms with Gasteiger partial charge in [-0.3, -0.25) is 4.79 Å². The van der Waals surface area contributed by atoms with Crippen LogP contribution in [0.3, 0.4) is 0 Å². The molecule has 3 heterocycles. The number of piperazine rings is 1. The molecule has 0 radical (unpaired) electrons. The van der Waals surface area contributed by atoms with Crippen molar-refractivity contribution in [3.05, 3.63) is 60.2 Å². The van der Waals surface area contributed by atoms with Crippen molar-refractivity contribution in [1.29, 1.82) is 0 Å². The molecule has 0 spiro atoms. The molecule has 2 aliphatic rings. The molecule has 9 heteroatoms. The fourth-order valence-electron chi connectivity index (χ4n) is 3.89. The number of amides is 1. The van der Waals surface area contributed by atoms with Crippen LogP contribution < -0.4 is 24.6 Å². The summed E-state index contributed by atoms with van der Waals surface area (Å²) in [4.78, 5) is 17.0. The number of aromatic nitrogens is 2. The number of aryl methyl sites for hydroxylation is 1. The second kappa shape index (κ2) is 9.58. The fraction of sp³-hybridized carbons (Fsp3) is 0.292. The van der Waals surface area contributed by atoms with E-state index >= 15 is 0 Å². The van der Waals surface area contributed by atoms with Crippen LogP contribution in [0, 0.1) is 6.92 Å². The fourth-order valence-corrected chi connectivity index (χ4v) is 4.50. The molecule has 170 valence electrons. The van der Waals surface area contributed by atoms with E-state index in [1.165, 1.54) is 23.0 Å². The van der Waals surface area contributed by atoms with E-state index in [1.54, 1.807) is 18.2 Å². The largest absolute Gasteiger partial charge is 0.454 e. The van der Waals surface area contributed by atoms with Crippen LogP contribution in [0.25, 0.3) is 0 Å². The Labute approximate surface area is 196 Å². The highest BCUT2D eigenvalue weighted by Crippen LogP contribution is 2.34. The van der Waals surface area contributed by atoms with Crippen LogP contribution >= 0.6 is 11.8 Å².